The molecule has 0 spiro atoms. The summed E-state index contributed by atoms with van der Waals surface area (Å²) in [6.45, 7) is 0. The van der Waals surface area contributed by atoms with Crippen LogP contribution in [0.25, 0.3) is 22.6 Å². The van der Waals surface area contributed by atoms with Crippen LogP contribution in [-0.2, 0) is 4.74 Å². The molecule has 0 unspecified atom stereocenters. The van der Waals surface area contributed by atoms with Gasteiger partial charge in [0.15, 0.2) is 5.43 Å². The third-order valence-corrected chi connectivity index (χ3v) is 4.97. The summed E-state index contributed by atoms with van der Waals surface area (Å²) in [6, 6.07) is 31.0. The van der Waals surface area contributed by atoms with Crippen LogP contribution in [-0.4, -0.2) is 0 Å². The number of epoxide rings is 1. The van der Waals surface area contributed by atoms with E-state index >= 15 is 0 Å². The van der Waals surface area contributed by atoms with Crippen LogP contribution in [0.4, 0.5) is 0 Å². The lowest BCUT2D eigenvalue weighted by Crippen LogP contribution is -1.98. The third-order valence-electron chi connectivity index (χ3n) is 4.97. The Morgan fingerprint density at radius 2 is 1.07 bits per heavy atom. The largest absolute Gasteiger partial charge is 0.456 e. The molecule has 1 fully saturated rings. The Kier molecular flexibility index (Phi) is 4.15. The minimum Gasteiger partial charge on any atom is -0.456 e. The van der Waals surface area contributed by atoms with E-state index < -0.39 is 0 Å². The Hall–Kier alpha value is -3.43. The fourth-order valence-corrected chi connectivity index (χ4v) is 3.46. The van der Waals surface area contributed by atoms with Gasteiger partial charge in [0.1, 0.15) is 23.7 Å². The van der Waals surface area contributed by atoms with Crippen molar-refractivity contribution in [1.29, 1.82) is 0 Å². The smallest absolute Gasteiger partial charge is 0.186 e. The average molecular weight is 366 g/mol. The van der Waals surface area contributed by atoms with Gasteiger partial charge in [0, 0.05) is 23.3 Å². The lowest BCUT2D eigenvalue weighted by Gasteiger charge is -2.06. The van der Waals surface area contributed by atoms with E-state index in [0.717, 1.165) is 16.7 Å². The van der Waals surface area contributed by atoms with E-state index in [1.807, 2.05) is 72.8 Å². The van der Waals surface area contributed by atoms with Gasteiger partial charge in [0.2, 0.25) is 0 Å². The monoisotopic (exact) mass is 366 g/mol. The zero-order valence-corrected chi connectivity index (χ0v) is 15.1. The molecule has 3 nitrogen and oxygen atoms in total. The lowest BCUT2D eigenvalue weighted by atomic mass is 10.0. The Labute approximate surface area is 162 Å². The maximum Gasteiger partial charge on any atom is 0.186 e. The molecule has 0 radical (unpaired) electrons. The molecule has 28 heavy (non-hydrogen) atoms. The lowest BCUT2D eigenvalue weighted by molar-refractivity contribution is 0.377. The summed E-state index contributed by atoms with van der Waals surface area (Å²) < 4.78 is 11.9. The Balaban J connectivity index is 1.41. The molecule has 136 valence electrons. The maximum atomic E-state index is 12.2. The summed E-state index contributed by atoms with van der Waals surface area (Å²) in [4.78, 5) is 12.2. The first-order chi connectivity index (χ1) is 13.8. The van der Waals surface area contributed by atoms with E-state index in [-0.39, 0.29) is 17.6 Å². The Bertz CT molecular complexity index is 1150. The zero-order valence-electron chi connectivity index (χ0n) is 15.1. The summed E-state index contributed by atoms with van der Waals surface area (Å²) in [7, 11) is 0. The molecule has 2 heterocycles. The van der Waals surface area contributed by atoms with Crippen molar-refractivity contribution in [2.45, 2.75) is 12.2 Å². The van der Waals surface area contributed by atoms with Gasteiger partial charge in [0.05, 0.1) is 0 Å². The van der Waals surface area contributed by atoms with Gasteiger partial charge < -0.3 is 9.15 Å². The van der Waals surface area contributed by atoms with Crippen LogP contribution in [0.1, 0.15) is 23.3 Å². The third kappa shape index (κ3) is 3.28. The summed E-state index contributed by atoms with van der Waals surface area (Å²) in [5.74, 6) is 1.14. The Morgan fingerprint density at radius 3 is 1.68 bits per heavy atom. The fraction of sp³-hybridized carbons (Fsp3) is 0.0800. The number of hydrogen-bond donors (Lipinski definition) is 0. The van der Waals surface area contributed by atoms with Gasteiger partial charge in [-0.1, -0.05) is 84.9 Å². The van der Waals surface area contributed by atoms with Crippen LogP contribution in [0, 0.1) is 0 Å². The van der Waals surface area contributed by atoms with Crippen LogP contribution in [0.2, 0.25) is 0 Å². The van der Waals surface area contributed by atoms with Gasteiger partial charge in [-0.15, -0.1) is 0 Å². The minimum absolute atomic E-state index is 0.0705. The first-order valence-corrected chi connectivity index (χ1v) is 9.29. The van der Waals surface area contributed by atoms with Crippen molar-refractivity contribution in [1.82, 2.24) is 0 Å². The average Bonchev–Trinajstić information content (AvgIpc) is 3.56. The van der Waals surface area contributed by atoms with E-state index in [2.05, 4.69) is 12.1 Å². The zero-order chi connectivity index (χ0) is 18.9. The molecular weight excluding hydrogens is 348 g/mol. The van der Waals surface area contributed by atoms with Crippen LogP contribution < -0.4 is 5.43 Å². The summed E-state index contributed by atoms with van der Waals surface area (Å²) in [5.41, 5.74) is 4.00. The van der Waals surface area contributed by atoms with E-state index in [9.17, 15) is 4.79 Å². The standard InChI is InChI=1S/C25H18O3/c26-21-15-22(17-7-3-1-4-8-17)27-23(16-21)18-11-13-20(14-12-18)25-24(28-25)19-9-5-2-6-10-19/h1-16,24-25H/t24-,25-/m0/s1. The van der Waals surface area contributed by atoms with Crippen LogP contribution in [0.3, 0.4) is 0 Å². The molecular formula is C25H18O3. The molecule has 1 aromatic heterocycles. The van der Waals surface area contributed by atoms with Gasteiger partial charge in [-0.25, -0.2) is 0 Å². The molecule has 0 saturated carbocycles. The highest BCUT2D eigenvalue weighted by Gasteiger charge is 2.41. The first-order valence-electron chi connectivity index (χ1n) is 9.29. The number of hydrogen-bond acceptors (Lipinski definition) is 3. The molecule has 5 rings (SSSR count). The Morgan fingerprint density at radius 1 is 0.571 bits per heavy atom. The molecule has 0 aliphatic carbocycles. The fourth-order valence-electron chi connectivity index (χ4n) is 3.46. The van der Waals surface area contributed by atoms with E-state index in [0.29, 0.717) is 11.5 Å². The number of benzene rings is 3. The van der Waals surface area contributed by atoms with E-state index in [4.69, 9.17) is 9.15 Å². The summed E-state index contributed by atoms with van der Waals surface area (Å²) in [5, 5.41) is 0. The van der Waals surface area contributed by atoms with Crippen molar-refractivity contribution in [3.8, 4) is 22.6 Å². The second kappa shape index (κ2) is 6.95. The summed E-state index contributed by atoms with van der Waals surface area (Å²) >= 11 is 0. The van der Waals surface area contributed by atoms with Gasteiger partial charge in [-0.3, -0.25) is 4.79 Å². The molecule has 1 saturated heterocycles. The van der Waals surface area contributed by atoms with Crippen LogP contribution in [0.15, 0.2) is 106 Å². The van der Waals surface area contributed by atoms with Crippen molar-refractivity contribution in [2.75, 3.05) is 0 Å². The molecule has 2 atom stereocenters. The van der Waals surface area contributed by atoms with Gasteiger partial charge in [0.25, 0.3) is 0 Å². The second-order valence-electron chi connectivity index (χ2n) is 6.90. The van der Waals surface area contributed by atoms with Gasteiger partial charge in [-0.2, -0.15) is 0 Å². The van der Waals surface area contributed by atoms with E-state index in [1.165, 1.54) is 17.7 Å². The van der Waals surface area contributed by atoms with Gasteiger partial charge >= 0.3 is 0 Å². The highest BCUT2D eigenvalue weighted by atomic mass is 16.6. The van der Waals surface area contributed by atoms with E-state index in [1.54, 1.807) is 0 Å². The molecule has 3 heteroatoms. The van der Waals surface area contributed by atoms with Gasteiger partial charge in [-0.05, 0) is 11.1 Å². The topological polar surface area (TPSA) is 42.7 Å². The first kappa shape index (κ1) is 16.7. The molecule has 0 amide bonds. The molecule has 0 N–H and O–H groups in total. The molecule has 4 aromatic rings. The van der Waals surface area contributed by atoms with Crippen molar-refractivity contribution in [3.63, 3.8) is 0 Å². The van der Waals surface area contributed by atoms with Crippen molar-refractivity contribution in [2.24, 2.45) is 0 Å². The van der Waals surface area contributed by atoms with Crippen molar-refractivity contribution in [3.05, 3.63) is 118 Å². The van der Waals surface area contributed by atoms with Crippen LogP contribution in [0.5, 0.6) is 0 Å². The summed E-state index contributed by atoms with van der Waals surface area (Å²) in [6.07, 6.45) is 0.200. The highest BCUT2D eigenvalue weighted by molar-refractivity contribution is 5.63. The predicted octanol–water partition coefficient (Wildman–Crippen LogP) is 5.79. The van der Waals surface area contributed by atoms with Crippen LogP contribution >= 0.6 is 0 Å². The number of ether oxygens (including phenoxy) is 1. The SMILES string of the molecule is O=c1cc(-c2ccccc2)oc(-c2ccc([C@@H]3O[C@H]3c3ccccc3)cc2)c1. The normalized spacial score (nSPS) is 18.0. The molecule has 1 aliphatic heterocycles. The van der Waals surface area contributed by atoms with Crippen molar-refractivity contribution >= 4 is 0 Å². The predicted molar refractivity (Wildman–Crippen MR) is 109 cm³/mol. The maximum absolute atomic E-state index is 12.2. The molecule has 1 aliphatic rings. The quantitative estimate of drug-likeness (QED) is 0.430. The molecule has 0 bridgehead atoms. The van der Waals surface area contributed by atoms with Crippen molar-refractivity contribution < 1.29 is 9.15 Å². The minimum atomic E-state index is -0.0705. The molecule has 3 aromatic carbocycles. The second-order valence-corrected chi connectivity index (χ2v) is 6.90. The highest BCUT2D eigenvalue weighted by Crippen LogP contribution is 2.50. The number of rotatable bonds is 4.